The van der Waals surface area contributed by atoms with Crippen molar-refractivity contribution < 1.29 is 14.3 Å². The van der Waals surface area contributed by atoms with Crippen LogP contribution in [0.15, 0.2) is 36.4 Å². The van der Waals surface area contributed by atoms with Gasteiger partial charge in [0.25, 0.3) is 0 Å². The number of hydrogen-bond acceptors (Lipinski definition) is 5. The van der Waals surface area contributed by atoms with Crippen LogP contribution in [0.4, 0.5) is 5.69 Å². The van der Waals surface area contributed by atoms with Gasteiger partial charge in [0.05, 0.1) is 23.6 Å². The van der Waals surface area contributed by atoms with E-state index in [0.29, 0.717) is 6.54 Å². The SMILES string of the molecule is CC(C)Oc1ccccc1N1CCN(CCCN2C(=O)C3CC=CCC3C2=O)CC1. The molecule has 2 saturated heterocycles. The van der Waals surface area contributed by atoms with Crippen molar-refractivity contribution in [2.45, 2.75) is 39.2 Å². The fourth-order valence-electron chi connectivity index (χ4n) is 4.83. The summed E-state index contributed by atoms with van der Waals surface area (Å²) in [6.45, 7) is 9.44. The molecule has 2 atom stereocenters. The molecule has 6 nitrogen and oxygen atoms in total. The second-order valence-corrected chi connectivity index (χ2v) is 8.80. The van der Waals surface area contributed by atoms with Crippen LogP contribution in [0.25, 0.3) is 0 Å². The van der Waals surface area contributed by atoms with E-state index in [9.17, 15) is 9.59 Å². The Labute approximate surface area is 179 Å². The Morgan fingerprint density at radius 3 is 2.20 bits per heavy atom. The zero-order chi connectivity index (χ0) is 21.1. The molecule has 2 aliphatic heterocycles. The lowest BCUT2D eigenvalue weighted by Gasteiger charge is -2.37. The van der Waals surface area contributed by atoms with Crippen LogP contribution in [-0.2, 0) is 9.59 Å². The number of benzene rings is 1. The Morgan fingerprint density at radius 1 is 0.933 bits per heavy atom. The van der Waals surface area contributed by atoms with Gasteiger partial charge in [-0.05, 0) is 51.8 Å². The first-order valence-corrected chi connectivity index (χ1v) is 11.3. The fraction of sp³-hybridized carbons (Fsp3) is 0.583. The van der Waals surface area contributed by atoms with Gasteiger partial charge in [0.1, 0.15) is 5.75 Å². The van der Waals surface area contributed by atoms with Crippen LogP contribution < -0.4 is 9.64 Å². The number of allylic oxidation sites excluding steroid dienone is 2. The van der Waals surface area contributed by atoms with Gasteiger partial charge in [0.2, 0.25) is 11.8 Å². The topological polar surface area (TPSA) is 53.1 Å². The van der Waals surface area contributed by atoms with Crippen LogP contribution in [0.1, 0.15) is 33.1 Å². The molecule has 4 rings (SSSR count). The number of carbonyl (C=O) groups excluding carboxylic acids is 2. The van der Waals surface area contributed by atoms with E-state index < -0.39 is 0 Å². The molecule has 2 amide bonds. The fourth-order valence-corrected chi connectivity index (χ4v) is 4.83. The molecule has 0 spiro atoms. The van der Waals surface area contributed by atoms with Crippen molar-refractivity contribution in [3.05, 3.63) is 36.4 Å². The number of imide groups is 1. The average molecular weight is 412 g/mol. The minimum Gasteiger partial charge on any atom is -0.489 e. The molecule has 0 aromatic heterocycles. The Morgan fingerprint density at radius 2 is 1.57 bits per heavy atom. The molecule has 2 unspecified atom stereocenters. The Balaban J connectivity index is 1.24. The highest BCUT2D eigenvalue weighted by Crippen LogP contribution is 2.35. The van der Waals surface area contributed by atoms with Crippen molar-refractivity contribution in [3.63, 3.8) is 0 Å². The predicted molar refractivity (Wildman–Crippen MR) is 118 cm³/mol. The lowest BCUT2D eigenvalue weighted by molar-refractivity contribution is -0.140. The van der Waals surface area contributed by atoms with Gasteiger partial charge in [0.15, 0.2) is 0 Å². The molecule has 3 aliphatic rings. The van der Waals surface area contributed by atoms with E-state index in [2.05, 4.69) is 35.8 Å². The number of para-hydroxylation sites is 2. The molecule has 1 aromatic rings. The Bertz CT molecular complexity index is 773. The Kier molecular flexibility index (Phi) is 6.42. The van der Waals surface area contributed by atoms with Crippen molar-refractivity contribution in [2.75, 3.05) is 44.2 Å². The van der Waals surface area contributed by atoms with Crippen molar-refractivity contribution in [2.24, 2.45) is 11.8 Å². The number of fused-ring (bicyclic) bond motifs is 1. The van der Waals surface area contributed by atoms with Gasteiger partial charge in [-0.15, -0.1) is 0 Å². The highest BCUT2D eigenvalue weighted by atomic mass is 16.5. The maximum absolute atomic E-state index is 12.6. The normalized spacial score (nSPS) is 24.6. The van der Waals surface area contributed by atoms with Gasteiger partial charge in [-0.25, -0.2) is 0 Å². The molecule has 2 heterocycles. The molecule has 0 bridgehead atoms. The zero-order valence-corrected chi connectivity index (χ0v) is 18.1. The average Bonchev–Trinajstić information content (AvgIpc) is 2.99. The minimum absolute atomic E-state index is 0.0425. The second kappa shape index (κ2) is 9.21. The van der Waals surface area contributed by atoms with Crippen molar-refractivity contribution in [1.29, 1.82) is 0 Å². The lowest BCUT2D eigenvalue weighted by atomic mass is 9.85. The summed E-state index contributed by atoms with van der Waals surface area (Å²) in [5.41, 5.74) is 1.16. The quantitative estimate of drug-likeness (QED) is 0.510. The third kappa shape index (κ3) is 4.38. The summed E-state index contributed by atoms with van der Waals surface area (Å²) < 4.78 is 5.98. The maximum Gasteiger partial charge on any atom is 0.233 e. The standard InChI is InChI=1S/C24H33N3O3/c1-18(2)30-22-11-6-5-10-21(22)26-16-14-25(15-17-26)12-7-13-27-23(28)19-8-3-4-9-20(19)24(27)29/h3-6,10-11,18-20H,7-9,12-17H2,1-2H3. The smallest absolute Gasteiger partial charge is 0.233 e. The summed E-state index contributed by atoms with van der Waals surface area (Å²) in [4.78, 5) is 31.5. The number of nitrogens with zero attached hydrogens (tertiary/aromatic N) is 3. The van der Waals surface area contributed by atoms with E-state index in [0.717, 1.165) is 63.4 Å². The summed E-state index contributed by atoms with van der Waals surface area (Å²) >= 11 is 0. The first-order valence-electron chi connectivity index (χ1n) is 11.3. The molecule has 0 saturated carbocycles. The largest absolute Gasteiger partial charge is 0.489 e. The number of likely N-dealkylation sites (tertiary alicyclic amines) is 1. The zero-order valence-electron chi connectivity index (χ0n) is 18.1. The van der Waals surface area contributed by atoms with Crippen LogP contribution in [0.2, 0.25) is 0 Å². The summed E-state index contributed by atoms with van der Waals surface area (Å²) in [6.07, 6.45) is 6.52. The molecular formula is C24H33N3O3. The van der Waals surface area contributed by atoms with Crippen molar-refractivity contribution in [3.8, 4) is 5.75 Å². The van der Waals surface area contributed by atoms with E-state index in [1.165, 1.54) is 4.90 Å². The second-order valence-electron chi connectivity index (χ2n) is 8.80. The molecule has 0 radical (unpaired) electrons. The third-order valence-electron chi connectivity index (χ3n) is 6.40. The number of amides is 2. The monoisotopic (exact) mass is 411 g/mol. The number of hydrogen-bond donors (Lipinski definition) is 0. The van der Waals surface area contributed by atoms with E-state index in [1.807, 2.05) is 24.3 Å². The highest BCUT2D eigenvalue weighted by molar-refractivity contribution is 6.05. The number of piperazine rings is 1. The van der Waals surface area contributed by atoms with Crippen LogP contribution >= 0.6 is 0 Å². The van der Waals surface area contributed by atoms with Gasteiger partial charge in [-0.1, -0.05) is 24.3 Å². The molecule has 1 aromatic carbocycles. The minimum atomic E-state index is -0.112. The molecule has 2 fully saturated rings. The van der Waals surface area contributed by atoms with Crippen LogP contribution in [0, 0.1) is 11.8 Å². The summed E-state index contributed by atoms with van der Waals surface area (Å²) in [5.74, 6) is 0.808. The highest BCUT2D eigenvalue weighted by Gasteiger charge is 2.46. The summed E-state index contributed by atoms with van der Waals surface area (Å²) in [7, 11) is 0. The first-order chi connectivity index (χ1) is 14.5. The molecular weight excluding hydrogens is 378 g/mol. The number of carbonyl (C=O) groups is 2. The van der Waals surface area contributed by atoms with E-state index in [4.69, 9.17) is 4.74 Å². The van der Waals surface area contributed by atoms with Gasteiger partial charge in [-0.2, -0.15) is 0 Å². The molecule has 1 aliphatic carbocycles. The van der Waals surface area contributed by atoms with E-state index in [1.54, 1.807) is 0 Å². The van der Waals surface area contributed by atoms with Gasteiger partial charge in [-0.3, -0.25) is 19.4 Å². The van der Waals surface area contributed by atoms with Crippen molar-refractivity contribution in [1.82, 2.24) is 9.80 Å². The number of rotatable bonds is 7. The first kappa shape index (κ1) is 20.9. The molecule has 30 heavy (non-hydrogen) atoms. The third-order valence-corrected chi connectivity index (χ3v) is 6.40. The summed E-state index contributed by atoms with van der Waals surface area (Å²) in [6, 6.07) is 8.25. The maximum atomic E-state index is 12.6. The Hall–Kier alpha value is -2.34. The van der Waals surface area contributed by atoms with E-state index in [-0.39, 0.29) is 29.8 Å². The number of anilines is 1. The molecule has 6 heteroatoms. The van der Waals surface area contributed by atoms with E-state index >= 15 is 0 Å². The van der Waals surface area contributed by atoms with Crippen LogP contribution in [0.3, 0.4) is 0 Å². The van der Waals surface area contributed by atoms with Gasteiger partial charge >= 0.3 is 0 Å². The van der Waals surface area contributed by atoms with Crippen molar-refractivity contribution >= 4 is 17.5 Å². The number of ether oxygens (including phenoxy) is 1. The summed E-state index contributed by atoms with van der Waals surface area (Å²) in [5, 5.41) is 0. The van der Waals surface area contributed by atoms with Crippen LogP contribution in [0.5, 0.6) is 5.75 Å². The molecule has 162 valence electrons. The van der Waals surface area contributed by atoms with Gasteiger partial charge in [0, 0.05) is 32.7 Å². The molecule has 0 N–H and O–H groups in total. The van der Waals surface area contributed by atoms with Gasteiger partial charge < -0.3 is 9.64 Å². The lowest BCUT2D eigenvalue weighted by Crippen LogP contribution is -2.47. The predicted octanol–water partition coefficient (Wildman–Crippen LogP) is 2.94. The van der Waals surface area contributed by atoms with Crippen LogP contribution in [-0.4, -0.2) is 67.0 Å².